The van der Waals surface area contributed by atoms with Crippen LogP contribution in [0.1, 0.15) is 25.0 Å². The molecule has 18 heavy (non-hydrogen) atoms. The highest BCUT2D eigenvalue weighted by molar-refractivity contribution is 5.55. The zero-order valence-corrected chi connectivity index (χ0v) is 10.9. The minimum atomic E-state index is -0.655. The average Bonchev–Trinajstić information content (AvgIpc) is 2.78. The van der Waals surface area contributed by atoms with E-state index in [9.17, 15) is 9.50 Å². The molecule has 0 radical (unpaired) electrons. The highest BCUT2D eigenvalue weighted by Gasteiger charge is 2.25. The Kier molecular flexibility index (Phi) is 4.19. The zero-order valence-electron chi connectivity index (χ0n) is 10.9. The molecular weight excluding hydrogens is 233 g/mol. The Balaban J connectivity index is 2.18. The maximum atomic E-state index is 13.2. The van der Waals surface area contributed by atoms with Gasteiger partial charge in [-0.3, -0.25) is 0 Å². The fourth-order valence-electron chi connectivity index (χ4n) is 2.57. The lowest BCUT2D eigenvalue weighted by atomic mass is 10.1. The van der Waals surface area contributed by atoms with Crippen LogP contribution < -0.4 is 4.90 Å². The van der Waals surface area contributed by atoms with Crippen LogP contribution in [0.25, 0.3) is 0 Å². The molecule has 1 saturated heterocycles. The van der Waals surface area contributed by atoms with Gasteiger partial charge in [-0.25, -0.2) is 4.39 Å². The number of ether oxygens (including phenoxy) is 1. The van der Waals surface area contributed by atoms with Crippen LogP contribution >= 0.6 is 0 Å². The molecule has 2 unspecified atom stereocenters. The van der Waals surface area contributed by atoms with Crippen molar-refractivity contribution < 1.29 is 14.2 Å². The molecule has 1 heterocycles. The number of hydrogen-bond donors (Lipinski definition) is 1. The lowest BCUT2D eigenvalue weighted by molar-refractivity contribution is 0.161. The van der Waals surface area contributed by atoms with E-state index in [1.165, 1.54) is 12.1 Å². The summed E-state index contributed by atoms with van der Waals surface area (Å²) in [5.41, 5.74) is 1.60. The molecule has 2 atom stereocenters. The summed E-state index contributed by atoms with van der Waals surface area (Å²) in [6.45, 7) is 4.25. The molecule has 3 nitrogen and oxygen atoms in total. The fourth-order valence-corrected chi connectivity index (χ4v) is 2.57. The van der Waals surface area contributed by atoms with Crippen LogP contribution in [0, 0.1) is 11.7 Å². The predicted molar refractivity (Wildman–Crippen MR) is 69.2 cm³/mol. The first-order valence-corrected chi connectivity index (χ1v) is 6.33. The van der Waals surface area contributed by atoms with Crippen molar-refractivity contribution in [2.45, 2.75) is 19.4 Å². The van der Waals surface area contributed by atoms with Gasteiger partial charge < -0.3 is 14.7 Å². The molecule has 0 amide bonds. The Morgan fingerprint density at radius 1 is 1.56 bits per heavy atom. The number of methoxy groups -OCH3 is 1. The van der Waals surface area contributed by atoms with E-state index in [1.807, 2.05) is 0 Å². The molecule has 2 rings (SSSR count). The third kappa shape index (κ3) is 2.82. The summed E-state index contributed by atoms with van der Waals surface area (Å²) in [5, 5.41) is 9.74. The molecule has 0 aliphatic carbocycles. The smallest absolute Gasteiger partial charge is 0.123 e. The quantitative estimate of drug-likeness (QED) is 0.894. The molecule has 0 bridgehead atoms. The van der Waals surface area contributed by atoms with Crippen molar-refractivity contribution in [2.75, 3.05) is 31.7 Å². The number of rotatable bonds is 4. The maximum Gasteiger partial charge on any atom is 0.123 e. The van der Waals surface area contributed by atoms with Crippen molar-refractivity contribution >= 4 is 5.69 Å². The summed E-state index contributed by atoms with van der Waals surface area (Å²) in [6.07, 6.45) is 0.418. The monoisotopic (exact) mass is 253 g/mol. The molecule has 0 saturated carbocycles. The number of hydrogen-bond acceptors (Lipinski definition) is 3. The van der Waals surface area contributed by atoms with Crippen molar-refractivity contribution in [1.82, 2.24) is 0 Å². The molecule has 1 aromatic carbocycles. The standard InChI is InChI=1S/C14H20FNO2/c1-10(17)13-7-12(15)3-4-14(13)16-6-5-11(8-16)9-18-2/h3-4,7,10-11,17H,5-6,8-9H2,1-2H3. The summed E-state index contributed by atoms with van der Waals surface area (Å²) in [6, 6.07) is 4.63. The number of anilines is 1. The van der Waals surface area contributed by atoms with E-state index in [1.54, 1.807) is 20.1 Å². The van der Waals surface area contributed by atoms with Gasteiger partial charge in [-0.1, -0.05) is 0 Å². The van der Waals surface area contributed by atoms with Crippen LogP contribution in [0.3, 0.4) is 0 Å². The van der Waals surface area contributed by atoms with E-state index in [0.29, 0.717) is 11.5 Å². The number of benzene rings is 1. The Morgan fingerprint density at radius 3 is 3.00 bits per heavy atom. The molecule has 1 fully saturated rings. The Hall–Kier alpha value is -1.13. The number of nitrogens with zero attached hydrogens (tertiary/aromatic N) is 1. The molecule has 0 aromatic heterocycles. The van der Waals surface area contributed by atoms with Crippen molar-refractivity contribution in [1.29, 1.82) is 0 Å². The lowest BCUT2D eigenvalue weighted by Crippen LogP contribution is -2.22. The first-order chi connectivity index (χ1) is 8.61. The summed E-state index contributed by atoms with van der Waals surface area (Å²) in [7, 11) is 1.71. The van der Waals surface area contributed by atoms with Gasteiger partial charge in [0.25, 0.3) is 0 Å². The van der Waals surface area contributed by atoms with Gasteiger partial charge in [-0.15, -0.1) is 0 Å². The van der Waals surface area contributed by atoms with Crippen LogP contribution in [0.4, 0.5) is 10.1 Å². The van der Waals surface area contributed by atoms with Gasteiger partial charge in [0, 0.05) is 37.4 Å². The zero-order chi connectivity index (χ0) is 13.1. The van der Waals surface area contributed by atoms with Crippen LogP contribution in [-0.4, -0.2) is 31.9 Å². The molecular formula is C14H20FNO2. The van der Waals surface area contributed by atoms with Crippen LogP contribution in [-0.2, 0) is 4.74 Å². The predicted octanol–water partition coefficient (Wildman–Crippen LogP) is 2.35. The normalized spacial score (nSPS) is 21.3. The van der Waals surface area contributed by atoms with Crippen molar-refractivity contribution in [3.63, 3.8) is 0 Å². The fraction of sp³-hybridized carbons (Fsp3) is 0.571. The van der Waals surface area contributed by atoms with Crippen LogP contribution in [0.2, 0.25) is 0 Å². The average molecular weight is 253 g/mol. The highest BCUT2D eigenvalue weighted by Crippen LogP contribution is 2.31. The molecule has 1 aliphatic rings. The van der Waals surface area contributed by atoms with E-state index in [2.05, 4.69) is 4.90 Å². The van der Waals surface area contributed by atoms with Crippen LogP contribution in [0.15, 0.2) is 18.2 Å². The van der Waals surface area contributed by atoms with Crippen molar-refractivity contribution in [3.05, 3.63) is 29.6 Å². The minimum Gasteiger partial charge on any atom is -0.389 e. The number of aliphatic hydroxyl groups is 1. The highest BCUT2D eigenvalue weighted by atomic mass is 19.1. The lowest BCUT2D eigenvalue weighted by Gasteiger charge is -2.23. The molecule has 1 N–H and O–H groups in total. The first-order valence-electron chi connectivity index (χ1n) is 6.33. The molecule has 1 aliphatic heterocycles. The van der Waals surface area contributed by atoms with E-state index in [0.717, 1.165) is 31.8 Å². The van der Waals surface area contributed by atoms with E-state index in [4.69, 9.17) is 4.74 Å². The third-order valence-corrected chi connectivity index (χ3v) is 3.47. The first kappa shape index (κ1) is 13.3. The molecule has 4 heteroatoms. The van der Waals surface area contributed by atoms with Gasteiger partial charge in [0.2, 0.25) is 0 Å². The van der Waals surface area contributed by atoms with Crippen molar-refractivity contribution in [3.8, 4) is 0 Å². The summed E-state index contributed by atoms with van der Waals surface area (Å²) in [4.78, 5) is 2.20. The third-order valence-electron chi connectivity index (χ3n) is 3.47. The van der Waals surface area contributed by atoms with Gasteiger partial charge in [-0.05, 0) is 31.5 Å². The number of halogens is 1. The van der Waals surface area contributed by atoms with Gasteiger partial charge in [-0.2, -0.15) is 0 Å². The Bertz CT molecular complexity index is 409. The SMILES string of the molecule is COCC1CCN(c2ccc(F)cc2C(C)O)C1. The van der Waals surface area contributed by atoms with Crippen LogP contribution in [0.5, 0.6) is 0 Å². The number of aliphatic hydroxyl groups excluding tert-OH is 1. The van der Waals surface area contributed by atoms with Gasteiger partial charge in [0.1, 0.15) is 5.82 Å². The summed E-state index contributed by atoms with van der Waals surface area (Å²) in [5.74, 6) is 0.212. The van der Waals surface area contributed by atoms with E-state index >= 15 is 0 Å². The Morgan fingerprint density at radius 2 is 2.33 bits per heavy atom. The largest absolute Gasteiger partial charge is 0.389 e. The van der Waals surface area contributed by atoms with Gasteiger partial charge in [0.05, 0.1) is 12.7 Å². The van der Waals surface area contributed by atoms with Crippen molar-refractivity contribution in [2.24, 2.45) is 5.92 Å². The minimum absolute atomic E-state index is 0.303. The van der Waals surface area contributed by atoms with E-state index in [-0.39, 0.29) is 5.82 Å². The topological polar surface area (TPSA) is 32.7 Å². The second-order valence-corrected chi connectivity index (χ2v) is 4.94. The molecule has 100 valence electrons. The molecule has 0 spiro atoms. The van der Waals surface area contributed by atoms with Gasteiger partial charge >= 0.3 is 0 Å². The van der Waals surface area contributed by atoms with E-state index < -0.39 is 6.10 Å². The molecule has 1 aromatic rings. The Labute approximate surface area is 107 Å². The summed E-state index contributed by atoms with van der Waals surface area (Å²) >= 11 is 0. The summed E-state index contributed by atoms with van der Waals surface area (Å²) < 4.78 is 18.4. The second-order valence-electron chi connectivity index (χ2n) is 4.94. The second kappa shape index (κ2) is 5.67. The maximum absolute atomic E-state index is 13.2. The van der Waals surface area contributed by atoms with Gasteiger partial charge in [0.15, 0.2) is 0 Å².